The van der Waals surface area contributed by atoms with Crippen LogP contribution in [0.25, 0.3) is 0 Å². The second-order valence-corrected chi connectivity index (χ2v) is 8.62. The number of rotatable bonds is 6. The van der Waals surface area contributed by atoms with E-state index < -0.39 is 6.09 Å². The number of hydrogen-bond acceptors (Lipinski definition) is 4. The zero-order valence-electron chi connectivity index (χ0n) is 16.7. The summed E-state index contributed by atoms with van der Waals surface area (Å²) in [4.78, 5) is 27.0. The van der Waals surface area contributed by atoms with Gasteiger partial charge in [-0.3, -0.25) is 4.79 Å². The first-order chi connectivity index (χ1) is 14.3. The lowest BCUT2D eigenvalue weighted by Crippen LogP contribution is -2.44. The molecule has 2 amide bonds. The minimum atomic E-state index is -0.967. The smallest absolute Gasteiger partial charge is 0.407 e. The van der Waals surface area contributed by atoms with E-state index in [4.69, 9.17) is 38.8 Å². The molecule has 2 aliphatic heterocycles. The van der Waals surface area contributed by atoms with Crippen LogP contribution >= 0.6 is 23.2 Å². The van der Waals surface area contributed by atoms with Crippen molar-refractivity contribution in [1.29, 1.82) is 0 Å². The minimum absolute atomic E-state index is 0.0373. The van der Waals surface area contributed by atoms with Gasteiger partial charge in [-0.1, -0.05) is 35.9 Å². The van der Waals surface area contributed by atoms with Gasteiger partial charge in [-0.2, -0.15) is 0 Å². The van der Waals surface area contributed by atoms with Crippen LogP contribution in [0.1, 0.15) is 30.9 Å². The predicted molar refractivity (Wildman–Crippen MR) is 116 cm³/mol. The lowest BCUT2D eigenvalue weighted by Gasteiger charge is -2.36. The molecule has 0 spiro atoms. The van der Waals surface area contributed by atoms with Crippen molar-refractivity contribution >= 4 is 35.2 Å². The van der Waals surface area contributed by atoms with Gasteiger partial charge in [0.1, 0.15) is 12.4 Å². The van der Waals surface area contributed by atoms with Gasteiger partial charge in [-0.05, 0) is 31.2 Å². The number of nitrogens with zero attached hydrogens (tertiary/aromatic N) is 2. The average molecular weight is 456 g/mol. The highest BCUT2D eigenvalue weighted by molar-refractivity contribution is 6.42. The number of hydrogen-bond donors (Lipinski definition) is 2. The van der Waals surface area contributed by atoms with Crippen LogP contribution < -0.4 is 10.5 Å². The van der Waals surface area contributed by atoms with Crippen molar-refractivity contribution in [1.82, 2.24) is 9.80 Å². The molecule has 3 rings (SSSR count). The van der Waals surface area contributed by atoms with Gasteiger partial charge in [0.2, 0.25) is 5.91 Å². The third-order valence-corrected chi connectivity index (χ3v) is 6.66. The fourth-order valence-corrected chi connectivity index (χ4v) is 4.53. The second-order valence-electron chi connectivity index (χ2n) is 7.81. The van der Waals surface area contributed by atoms with Gasteiger partial charge in [0.25, 0.3) is 0 Å². The summed E-state index contributed by atoms with van der Waals surface area (Å²) in [6.07, 6.45) is 2.77. The Morgan fingerprint density at radius 3 is 2.43 bits per heavy atom. The second kappa shape index (κ2) is 9.90. The number of ether oxygens (including phenoxy) is 1. The van der Waals surface area contributed by atoms with E-state index in [9.17, 15) is 9.59 Å². The molecule has 2 fully saturated rings. The number of piperidine rings is 1. The van der Waals surface area contributed by atoms with E-state index in [1.165, 1.54) is 4.90 Å². The van der Waals surface area contributed by atoms with Crippen LogP contribution in [-0.4, -0.2) is 59.7 Å². The molecule has 1 unspecified atom stereocenters. The molecule has 3 N–H and O–H groups in total. The SMILES string of the molecule is C=CCOc1cc(Cl)c(Cl)cc1C(N)C1CCN(C(=O)[C@@H]2CCN(C(=O)O)C2)CC1. The fourth-order valence-electron chi connectivity index (χ4n) is 4.20. The number of carbonyl (C=O) groups excluding carboxylic acids is 1. The van der Waals surface area contributed by atoms with E-state index >= 15 is 0 Å². The van der Waals surface area contributed by atoms with Gasteiger partial charge in [0.15, 0.2) is 0 Å². The highest BCUT2D eigenvalue weighted by atomic mass is 35.5. The van der Waals surface area contributed by atoms with Gasteiger partial charge in [-0.15, -0.1) is 0 Å². The molecule has 2 heterocycles. The van der Waals surface area contributed by atoms with Crippen LogP contribution in [0.15, 0.2) is 24.8 Å². The molecule has 0 aliphatic carbocycles. The summed E-state index contributed by atoms with van der Waals surface area (Å²) in [5, 5.41) is 9.92. The van der Waals surface area contributed by atoms with Crippen LogP contribution in [0.2, 0.25) is 10.0 Å². The van der Waals surface area contributed by atoms with Crippen molar-refractivity contribution < 1.29 is 19.4 Å². The molecule has 2 atom stereocenters. The molecule has 0 bridgehead atoms. The van der Waals surface area contributed by atoms with E-state index in [1.807, 2.05) is 4.90 Å². The summed E-state index contributed by atoms with van der Waals surface area (Å²) in [6, 6.07) is 3.13. The van der Waals surface area contributed by atoms with Gasteiger partial charge >= 0.3 is 6.09 Å². The number of carboxylic acid groups (broad SMARTS) is 1. The summed E-state index contributed by atoms with van der Waals surface area (Å²) in [5.74, 6) is 0.544. The Labute approximate surface area is 186 Å². The quantitative estimate of drug-likeness (QED) is 0.635. The van der Waals surface area contributed by atoms with E-state index in [0.717, 1.165) is 18.4 Å². The normalized spacial score (nSPS) is 20.8. The van der Waals surface area contributed by atoms with Crippen molar-refractivity contribution in [3.63, 3.8) is 0 Å². The molecule has 0 saturated carbocycles. The Hall–Kier alpha value is -1.96. The zero-order chi connectivity index (χ0) is 21.8. The lowest BCUT2D eigenvalue weighted by atomic mass is 9.85. The van der Waals surface area contributed by atoms with E-state index in [1.54, 1.807) is 18.2 Å². The first-order valence-corrected chi connectivity index (χ1v) is 10.8. The lowest BCUT2D eigenvalue weighted by molar-refractivity contribution is -0.136. The number of halogens is 2. The molecule has 2 saturated heterocycles. The van der Waals surface area contributed by atoms with E-state index in [-0.39, 0.29) is 30.3 Å². The van der Waals surface area contributed by atoms with Crippen molar-refractivity contribution in [3.8, 4) is 5.75 Å². The Bertz CT molecular complexity index is 812. The van der Waals surface area contributed by atoms with Crippen molar-refractivity contribution in [2.45, 2.75) is 25.3 Å². The molecule has 7 nitrogen and oxygen atoms in total. The highest BCUT2D eigenvalue weighted by Crippen LogP contribution is 2.38. The standard InChI is InChI=1S/C21H27Cl2N3O4/c1-2-9-30-18-11-17(23)16(22)10-15(18)19(24)13-3-6-25(7-4-13)20(27)14-5-8-26(12-14)21(28)29/h2,10-11,13-14,19H,1,3-9,12,24H2,(H,28,29)/t14-,19?/m1/s1. The molecule has 0 aromatic heterocycles. The predicted octanol–water partition coefficient (Wildman–Crippen LogP) is 3.80. The Morgan fingerprint density at radius 1 is 1.20 bits per heavy atom. The maximum atomic E-state index is 12.8. The molecule has 9 heteroatoms. The van der Waals surface area contributed by atoms with E-state index in [2.05, 4.69) is 6.58 Å². The van der Waals surface area contributed by atoms with Crippen molar-refractivity contribution in [2.75, 3.05) is 32.8 Å². The number of nitrogens with two attached hydrogens (primary N) is 1. The highest BCUT2D eigenvalue weighted by Gasteiger charge is 2.36. The first-order valence-electron chi connectivity index (χ1n) is 10.1. The average Bonchev–Trinajstić information content (AvgIpc) is 3.24. The molecular weight excluding hydrogens is 429 g/mol. The number of amides is 2. The molecule has 30 heavy (non-hydrogen) atoms. The van der Waals surface area contributed by atoms with Crippen LogP contribution in [-0.2, 0) is 4.79 Å². The Kier molecular flexibility index (Phi) is 7.50. The summed E-state index contributed by atoms with van der Waals surface area (Å²) in [7, 11) is 0. The van der Waals surface area contributed by atoms with E-state index in [0.29, 0.717) is 48.5 Å². The summed E-state index contributed by atoms with van der Waals surface area (Å²) >= 11 is 12.4. The molecule has 0 radical (unpaired) electrons. The molecular formula is C21H27Cl2N3O4. The molecule has 1 aromatic rings. The first kappa shape index (κ1) is 22.7. The third kappa shape index (κ3) is 5.02. The van der Waals surface area contributed by atoms with Crippen LogP contribution in [0.5, 0.6) is 5.75 Å². The minimum Gasteiger partial charge on any atom is -0.489 e. The van der Waals surface area contributed by atoms with Gasteiger partial charge in [-0.25, -0.2) is 4.79 Å². The summed E-state index contributed by atoms with van der Waals surface area (Å²) < 4.78 is 5.73. The molecule has 2 aliphatic rings. The Balaban J connectivity index is 1.62. The number of benzene rings is 1. The third-order valence-electron chi connectivity index (χ3n) is 5.94. The number of likely N-dealkylation sites (tertiary alicyclic amines) is 2. The Morgan fingerprint density at radius 2 is 1.83 bits per heavy atom. The zero-order valence-corrected chi connectivity index (χ0v) is 18.2. The topological polar surface area (TPSA) is 96.1 Å². The van der Waals surface area contributed by atoms with Crippen LogP contribution in [0, 0.1) is 11.8 Å². The summed E-state index contributed by atoms with van der Waals surface area (Å²) in [6.45, 7) is 5.89. The van der Waals surface area contributed by atoms with Crippen molar-refractivity contribution in [2.24, 2.45) is 17.6 Å². The van der Waals surface area contributed by atoms with Gasteiger partial charge in [0, 0.05) is 43.9 Å². The molecule has 164 valence electrons. The number of carbonyl (C=O) groups is 2. The van der Waals surface area contributed by atoms with Gasteiger partial charge < -0.3 is 25.4 Å². The summed E-state index contributed by atoms with van der Waals surface area (Å²) in [5.41, 5.74) is 7.37. The van der Waals surface area contributed by atoms with Crippen LogP contribution in [0.4, 0.5) is 4.79 Å². The van der Waals surface area contributed by atoms with Crippen LogP contribution in [0.3, 0.4) is 0 Å². The monoisotopic (exact) mass is 455 g/mol. The fraction of sp³-hybridized carbons (Fsp3) is 0.524. The van der Waals surface area contributed by atoms with Crippen molar-refractivity contribution in [3.05, 3.63) is 40.4 Å². The largest absolute Gasteiger partial charge is 0.489 e. The van der Waals surface area contributed by atoms with Gasteiger partial charge in [0.05, 0.1) is 16.0 Å². The maximum absolute atomic E-state index is 12.8. The maximum Gasteiger partial charge on any atom is 0.407 e. The molecule has 1 aromatic carbocycles.